The van der Waals surface area contributed by atoms with Crippen LogP contribution in [-0.4, -0.2) is 79.7 Å². The molecule has 0 saturated carbocycles. The Hall–Kier alpha value is -3.36. The Morgan fingerprint density at radius 3 is 2.32 bits per heavy atom. The zero-order valence-corrected chi connectivity index (χ0v) is 25.8. The van der Waals surface area contributed by atoms with Crippen LogP contribution in [0.4, 0.5) is 18.9 Å². The van der Waals surface area contributed by atoms with Crippen molar-refractivity contribution in [3.8, 4) is 0 Å². The number of piperazine rings is 1. The maximum absolute atomic E-state index is 13.8. The van der Waals surface area contributed by atoms with Crippen LogP contribution in [-0.2, 0) is 37.0 Å². The minimum Gasteiger partial charge on any atom is -0.373 e. The van der Waals surface area contributed by atoms with Gasteiger partial charge in [-0.3, -0.25) is 14.4 Å². The van der Waals surface area contributed by atoms with E-state index in [9.17, 15) is 36.0 Å². The first-order valence-corrected chi connectivity index (χ1v) is 15.9. The minimum absolute atomic E-state index is 0.158. The monoisotopic (exact) mass is 655 g/mol. The summed E-state index contributed by atoms with van der Waals surface area (Å²) in [5, 5.41) is 5.73. The van der Waals surface area contributed by atoms with Gasteiger partial charge in [0, 0.05) is 25.2 Å². The van der Waals surface area contributed by atoms with Gasteiger partial charge in [-0.25, -0.2) is 13.1 Å². The molecule has 3 amide bonds. The molecule has 2 fully saturated rings. The molecule has 0 unspecified atom stereocenters. The number of sulfonamides is 1. The van der Waals surface area contributed by atoms with Crippen LogP contribution in [0.25, 0.3) is 0 Å². The van der Waals surface area contributed by atoms with E-state index in [0.717, 1.165) is 17.3 Å². The number of likely N-dealkylation sites (tertiary alicyclic amines) is 2. The second-order valence-electron chi connectivity index (χ2n) is 12.4. The summed E-state index contributed by atoms with van der Waals surface area (Å²) in [4.78, 5) is 42.3. The predicted octanol–water partition coefficient (Wildman–Crippen LogP) is 3.02. The molecule has 0 radical (unpaired) electrons. The molecule has 44 heavy (non-hydrogen) atoms. The van der Waals surface area contributed by atoms with Crippen LogP contribution < -0.4 is 15.4 Å². The first-order valence-electron chi connectivity index (χ1n) is 14.1. The molecule has 2 aromatic carbocycles. The van der Waals surface area contributed by atoms with Crippen molar-refractivity contribution in [3.63, 3.8) is 0 Å². The summed E-state index contributed by atoms with van der Waals surface area (Å²) in [7, 11) is -4.54. The highest BCUT2D eigenvalue weighted by Crippen LogP contribution is 2.35. The van der Waals surface area contributed by atoms with Crippen molar-refractivity contribution in [2.75, 3.05) is 25.0 Å². The molecule has 15 heteroatoms. The van der Waals surface area contributed by atoms with Crippen molar-refractivity contribution in [3.05, 3.63) is 58.6 Å². The molecule has 3 N–H and O–H groups in total. The van der Waals surface area contributed by atoms with Gasteiger partial charge in [0.1, 0.15) is 17.0 Å². The van der Waals surface area contributed by atoms with Crippen LogP contribution >= 0.6 is 11.6 Å². The summed E-state index contributed by atoms with van der Waals surface area (Å²) < 4.78 is 66.9. The van der Waals surface area contributed by atoms with Crippen molar-refractivity contribution in [1.82, 2.24) is 19.8 Å². The van der Waals surface area contributed by atoms with Crippen LogP contribution in [0.3, 0.4) is 0 Å². The van der Waals surface area contributed by atoms with Gasteiger partial charge in [0.25, 0.3) is 0 Å². The van der Waals surface area contributed by atoms with Gasteiger partial charge >= 0.3 is 6.18 Å². The Morgan fingerprint density at radius 2 is 1.70 bits per heavy atom. The highest BCUT2D eigenvalue weighted by molar-refractivity contribution is 7.89. The largest absolute Gasteiger partial charge is 0.416 e. The van der Waals surface area contributed by atoms with E-state index in [1.54, 1.807) is 4.90 Å². The number of hydrogen-bond donors (Lipinski definition) is 3. The average molecular weight is 656 g/mol. The summed E-state index contributed by atoms with van der Waals surface area (Å²) in [5.41, 5.74) is 0.101. The van der Waals surface area contributed by atoms with Gasteiger partial charge in [0.05, 0.1) is 29.2 Å². The molecule has 3 heterocycles. The van der Waals surface area contributed by atoms with Gasteiger partial charge < -0.3 is 20.4 Å². The summed E-state index contributed by atoms with van der Waals surface area (Å²) >= 11 is 5.87. The quantitative estimate of drug-likeness (QED) is 0.421. The van der Waals surface area contributed by atoms with E-state index in [4.69, 9.17) is 11.6 Å². The molecule has 10 nitrogen and oxygen atoms in total. The van der Waals surface area contributed by atoms with Crippen molar-refractivity contribution in [2.24, 2.45) is 5.41 Å². The number of hydrogen-bond acceptors (Lipinski definition) is 6. The third kappa shape index (κ3) is 6.38. The number of anilines is 1. The standard InChI is InChI=1S/C29H33ClF3N5O5S/c1-28(2,3)25(36-26(40)22-10-16-6-4-5-7-21(16)35-22)27(41)38-15-18-12-19(38)14-37(18)24(39)13-34-44(42,43)23-11-17(29(31,32)33)8-9-20(23)30/h4-9,11,18-19,22,25,34-35H,10,12-15H2,1-3H3,(H,36,40)/t18-,19-,22-,25+/m0/s1. The molecule has 2 aromatic rings. The predicted molar refractivity (Wildman–Crippen MR) is 156 cm³/mol. The fourth-order valence-electron chi connectivity index (χ4n) is 5.98. The number of alkyl halides is 3. The molecular weight excluding hydrogens is 623 g/mol. The molecule has 2 saturated heterocycles. The summed E-state index contributed by atoms with van der Waals surface area (Å²) in [6.07, 6.45) is -3.80. The fraction of sp³-hybridized carbons (Fsp3) is 0.483. The molecule has 5 rings (SSSR count). The number of nitrogens with zero attached hydrogens (tertiary/aromatic N) is 2. The van der Waals surface area contributed by atoms with Gasteiger partial charge in [-0.1, -0.05) is 50.6 Å². The van der Waals surface area contributed by atoms with Crippen molar-refractivity contribution < 1.29 is 36.0 Å². The Labute approximate surface area is 258 Å². The van der Waals surface area contributed by atoms with E-state index in [0.29, 0.717) is 25.0 Å². The average Bonchev–Trinajstić information content (AvgIpc) is 3.67. The molecule has 2 bridgehead atoms. The maximum atomic E-state index is 13.8. The molecular formula is C29H33ClF3N5O5S. The number of carbonyl (C=O) groups excluding carboxylic acids is 3. The van der Waals surface area contributed by atoms with Crippen LogP contribution in [0.5, 0.6) is 0 Å². The molecule has 0 spiro atoms. The number of benzene rings is 2. The van der Waals surface area contributed by atoms with Gasteiger partial charge in [-0.2, -0.15) is 13.2 Å². The normalized spacial score (nSPS) is 22.0. The number of para-hydroxylation sites is 1. The number of carbonyl (C=O) groups is 3. The lowest BCUT2D eigenvalue weighted by molar-refractivity contribution is -0.144. The Kier molecular flexibility index (Phi) is 8.40. The van der Waals surface area contributed by atoms with Gasteiger partial charge in [0.2, 0.25) is 27.7 Å². The van der Waals surface area contributed by atoms with Crippen LogP contribution in [0.15, 0.2) is 47.4 Å². The molecule has 0 aliphatic carbocycles. The van der Waals surface area contributed by atoms with Crippen LogP contribution in [0.2, 0.25) is 5.02 Å². The van der Waals surface area contributed by atoms with Crippen molar-refractivity contribution in [2.45, 2.75) is 68.9 Å². The summed E-state index contributed by atoms with van der Waals surface area (Å²) in [6.45, 7) is 5.25. The maximum Gasteiger partial charge on any atom is 0.416 e. The SMILES string of the molecule is CC(C)(C)[C@H](NC(=O)[C@@H]1Cc2ccccc2N1)C(=O)N1C[C@@H]2C[C@H]1CN2C(=O)CNS(=O)(=O)c1cc(C(F)(F)F)ccc1Cl. The van der Waals surface area contributed by atoms with E-state index in [1.165, 1.54) is 4.90 Å². The topological polar surface area (TPSA) is 128 Å². The van der Waals surface area contributed by atoms with E-state index in [1.807, 2.05) is 45.0 Å². The molecule has 0 aromatic heterocycles. The highest BCUT2D eigenvalue weighted by Gasteiger charge is 2.50. The Balaban J connectivity index is 1.20. The number of halogens is 4. The second-order valence-corrected chi connectivity index (χ2v) is 14.6. The lowest BCUT2D eigenvalue weighted by Gasteiger charge is -2.39. The summed E-state index contributed by atoms with van der Waals surface area (Å²) in [6, 6.07) is 7.50. The molecule has 4 atom stereocenters. The van der Waals surface area contributed by atoms with E-state index in [-0.39, 0.29) is 37.0 Å². The molecule has 238 valence electrons. The highest BCUT2D eigenvalue weighted by atomic mass is 35.5. The van der Waals surface area contributed by atoms with Crippen molar-refractivity contribution >= 4 is 45.0 Å². The first kappa shape index (κ1) is 32.0. The lowest BCUT2D eigenvalue weighted by Crippen LogP contribution is -2.60. The molecule has 3 aliphatic heterocycles. The number of nitrogens with one attached hydrogen (secondary N) is 3. The summed E-state index contributed by atoms with van der Waals surface area (Å²) in [5.74, 6) is -1.13. The van der Waals surface area contributed by atoms with E-state index in [2.05, 4.69) is 15.4 Å². The van der Waals surface area contributed by atoms with Gasteiger partial charge in [-0.15, -0.1) is 0 Å². The number of fused-ring (bicyclic) bond motifs is 3. The zero-order chi connectivity index (χ0) is 32.2. The van der Waals surface area contributed by atoms with E-state index < -0.39 is 61.6 Å². The van der Waals surface area contributed by atoms with Crippen molar-refractivity contribution in [1.29, 1.82) is 0 Å². The Bertz CT molecular complexity index is 1570. The van der Waals surface area contributed by atoms with E-state index >= 15 is 0 Å². The van der Waals surface area contributed by atoms with Crippen LogP contribution in [0, 0.1) is 5.41 Å². The number of rotatable bonds is 7. The third-order valence-electron chi connectivity index (χ3n) is 8.29. The van der Waals surface area contributed by atoms with Gasteiger partial charge in [0.15, 0.2) is 0 Å². The lowest BCUT2D eigenvalue weighted by atomic mass is 9.85. The third-order valence-corrected chi connectivity index (χ3v) is 10.2. The van der Waals surface area contributed by atoms with Gasteiger partial charge in [-0.05, 0) is 41.7 Å². The number of amides is 3. The Morgan fingerprint density at radius 1 is 1.05 bits per heavy atom. The zero-order valence-electron chi connectivity index (χ0n) is 24.2. The smallest absolute Gasteiger partial charge is 0.373 e. The second kappa shape index (κ2) is 11.5. The fourth-order valence-corrected chi connectivity index (χ4v) is 7.48. The minimum atomic E-state index is -4.78. The molecule has 3 aliphatic rings. The first-order chi connectivity index (χ1) is 20.5. The van der Waals surface area contributed by atoms with Crippen LogP contribution in [0.1, 0.15) is 38.3 Å².